The average Bonchev–Trinajstić information content (AvgIpc) is 1.57. The first-order valence-electron chi connectivity index (χ1n) is 46.9. The Morgan fingerprint density at radius 1 is 0.424 bits per heavy atom. The predicted molar refractivity (Wildman–Crippen MR) is 528 cm³/mol. The van der Waals surface area contributed by atoms with Crippen LogP contribution in [-0.2, 0) is 26.7 Å². The number of fused-ring (bicyclic) bond motifs is 6. The van der Waals surface area contributed by atoms with Gasteiger partial charge in [-0.3, -0.25) is 0 Å². The van der Waals surface area contributed by atoms with Crippen molar-refractivity contribution in [3.05, 3.63) is 249 Å². The van der Waals surface area contributed by atoms with Crippen molar-refractivity contribution in [3.8, 4) is 11.1 Å². The maximum atomic E-state index is 7.15. The zero-order chi connectivity index (χ0) is 84.1. The first kappa shape index (κ1) is 92.4. The first-order valence-corrected chi connectivity index (χ1v) is 63.7. The molecule has 4 saturated carbocycles. The van der Waals surface area contributed by atoms with Gasteiger partial charge >= 0.3 is 0 Å². The molecule has 118 heavy (non-hydrogen) atoms. The summed E-state index contributed by atoms with van der Waals surface area (Å²) >= 11 is 14.3. The predicted octanol–water partition coefficient (Wildman–Crippen LogP) is 32.2. The van der Waals surface area contributed by atoms with Crippen LogP contribution in [0.15, 0.2) is 188 Å². The van der Waals surface area contributed by atoms with Crippen LogP contribution in [0.4, 0.5) is 0 Å². The summed E-state index contributed by atoms with van der Waals surface area (Å²) in [5.74, 6) is 3.55. The van der Waals surface area contributed by atoms with Crippen LogP contribution >= 0.6 is 22.2 Å². The lowest BCUT2D eigenvalue weighted by atomic mass is 9.84. The molecular weight excluding hydrogens is 1560 g/mol. The van der Waals surface area contributed by atoms with Crippen molar-refractivity contribution in [2.75, 3.05) is 18.7 Å². The lowest BCUT2D eigenvalue weighted by Crippen LogP contribution is -2.51. The molecule has 0 aromatic heterocycles. The van der Waals surface area contributed by atoms with Gasteiger partial charge in [0.15, 0.2) is 14.8 Å². The normalized spacial score (nSPS) is 21.8. The van der Waals surface area contributed by atoms with Crippen LogP contribution in [0.2, 0.25) is 58.4 Å². The van der Waals surface area contributed by atoms with E-state index in [0.29, 0.717) is 34.6 Å². The topological polar surface area (TPSA) is 27.7 Å². The number of rotatable bonds is 23. The van der Waals surface area contributed by atoms with Crippen LogP contribution in [0.3, 0.4) is 0 Å². The third-order valence-electron chi connectivity index (χ3n) is 27.3. The molecule has 11 aliphatic carbocycles. The Morgan fingerprint density at radius 2 is 0.805 bits per heavy atom. The monoisotopic (exact) mass is 1710 g/mol. The molecule has 5 aromatic rings. The van der Waals surface area contributed by atoms with Crippen LogP contribution < -0.4 is 0 Å². The Bertz CT molecular complexity index is 4350. The second-order valence-electron chi connectivity index (χ2n) is 42.7. The van der Waals surface area contributed by atoms with Crippen molar-refractivity contribution >= 4 is 90.2 Å². The molecule has 16 rings (SSSR count). The molecule has 0 saturated heterocycles. The van der Waals surface area contributed by atoms with E-state index in [1.807, 2.05) is 0 Å². The highest BCUT2D eigenvalue weighted by molar-refractivity contribution is 7.21. The molecule has 11 aliphatic rings. The zero-order valence-corrected chi connectivity index (χ0v) is 82.9. The minimum Gasteiger partial charge on any atom is -0.379 e. The lowest BCUT2D eigenvalue weighted by Gasteiger charge is -2.42. The van der Waals surface area contributed by atoms with Gasteiger partial charge in [0.2, 0.25) is 0 Å². The minimum atomic E-state index is -2.09. The molecule has 7 atom stereocenters. The molecule has 5 aromatic carbocycles. The summed E-state index contributed by atoms with van der Waals surface area (Å²) in [6, 6.07) is 61.4. The summed E-state index contributed by atoms with van der Waals surface area (Å²) in [6.07, 6.45) is 51.0. The van der Waals surface area contributed by atoms with Crippen molar-refractivity contribution in [2.24, 2.45) is 23.7 Å². The fourth-order valence-corrected chi connectivity index (χ4v) is 34.4. The van der Waals surface area contributed by atoms with Crippen LogP contribution in [-0.4, -0.2) is 75.2 Å². The standard InChI is InChI=1S/C35H49OSi2.2C22H33ClOSi.C16H20.C13H17Si/c1-35(2,3)36-25-38(6,34-28(20-21-37(4)5)23-27-16-10-11-18-31(27)34)33-24-29(22-26-14-8-7-9-15-26)30-17-12-13-19-32(30)33;2*1-22(2,3)24-16-25(4,23)21-15-18(14-17-10-6-5-7-11-17)19-12-8-9-13-20(19)21;1-2-6-13(7-3-1)12-15-11-10-14-8-4-5-9-16(14)15;1-14(2,3)10-11-8-12-6-4-5-7-13(12)9-11/h10-13,16-19,23-24,26,33-34H,7-9,14-15,20-22,25H2,1-6H3;2*8-9,12-13,15,17,21H,5-7,10-11,14,16H2,1-4H3;4-5,8-9,11,13H,1-3,6-7,10,12H2;4-9H,10H2,1-3H3/q;;;;-1. The number of ether oxygens (including phenoxy) is 3. The van der Waals surface area contributed by atoms with E-state index >= 15 is 0 Å². The van der Waals surface area contributed by atoms with Crippen molar-refractivity contribution in [2.45, 2.75) is 333 Å². The maximum absolute atomic E-state index is 7.15. The van der Waals surface area contributed by atoms with Gasteiger partial charge in [-0.15, -0.1) is 17.2 Å². The lowest BCUT2D eigenvalue weighted by molar-refractivity contribution is 0.0209. The van der Waals surface area contributed by atoms with Gasteiger partial charge < -0.3 is 14.2 Å². The zero-order valence-electron chi connectivity index (χ0n) is 76.4. The van der Waals surface area contributed by atoms with Crippen molar-refractivity contribution in [3.63, 3.8) is 0 Å². The number of halogens is 2. The summed E-state index contributed by atoms with van der Waals surface area (Å²) in [7, 11) is -7.46. The highest BCUT2D eigenvalue weighted by Crippen LogP contribution is 2.55. The third kappa shape index (κ3) is 25.7. The average molecular weight is 1710 g/mol. The van der Waals surface area contributed by atoms with Gasteiger partial charge in [-0.25, -0.2) is 0 Å². The van der Waals surface area contributed by atoms with Gasteiger partial charge in [-0.1, -0.05) is 356 Å². The fraction of sp³-hybridized carbons (Fsp3) is 0.546. The van der Waals surface area contributed by atoms with Crippen molar-refractivity contribution < 1.29 is 14.2 Å². The second-order valence-corrected chi connectivity index (χ2v) is 67.7. The van der Waals surface area contributed by atoms with E-state index in [0.717, 1.165) is 36.3 Å². The first-order chi connectivity index (χ1) is 56.2. The summed E-state index contributed by atoms with van der Waals surface area (Å²) < 4.78 is 19.0. The van der Waals surface area contributed by atoms with E-state index < -0.39 is 30.9 Å². The Kier molecular flexibility index (Phi) is 32.3. The number of allylic oxidation sites excluding steroid dienone is 9. The SMILES string of the molecule is C1=C(CC2CCCCC2)c2ccccc2C1.CC(C)(C)OC[Si](C)(Cl)C1C=C(CC2CCCCC2)c2ccccc21.CC(C)(C)OC[Si](C)(Cl)C1C=C(CC2CCCCC2)c2ccccc21.C[Si](C)(C)Cc1cc2cc[cH-]cc-2c1.C[Si](C)CCC1=Cc2ccccc2C1[Si](C)(COC(C)(C)C)C1C=C(CC2CCCCC2)c2ccccc21. The minimum absolute atomic E-state index is 0.129. The molecule has 4 fully saturated rings. The van der Waals surface area contributed by atoms with Gasteiger partial charge in [-0.2, -0.15) is 46.4 Å². The molecule has 10 heteroatoms. The molecule has 0 bridgehead atoms. The molecule has 7 unspecified atom stereocenters. The van der Waals surface area contributed by atoms with Crippen LogP contribution in [0.5, 0.6) is 0 Å². The molecule has 0 amide bonds. The Hall–Kier alpha value is -4.83. The largest absolute Gasteiger partial charge is 0.379 e. The van der Waals surface area contributed by atoms with Gasteiger partial charge in [0.05, 0.1) is 29.3 Å². The molecular formula is C108H152Cl2O3Si5-. The van der Waals surface area contributed by atoms with E-state index in [4.69, 9.17) is 36.4 Å². The van der Waals surface area contributed by atoms with Crippen LogP contribution in [0.25, 0.3) is 39.5 Å². The fourth-order valence-electron chi connectivity index (χ4n) is 21.1. The van der Waals surface area contributed by atoms with Crippen molar-refractivity contribution in [1.29, 1.82) is 0 Å². The van der Waals surface area contributed by atoms with Gasteiger partial charge in [0.1, 0.15) is 8.07 Å². The van der Waals surface area contributed by atoms with Gasteiger partial charge in [-0.05, 0) is 208 Å². The molecule has 0 N–H and O–H groups in total. The molecule has 3 nitrogen and oxygen atoms in total. The smallest absolute Gasteiger partial charge is 0.190 e. The van der Waals surface area contributed by atoms with Crippen molar-refractivity contribution in [1.82, 2.24) is 0 Å². The van der Waals surface area contributed by atoms with E-state index in [9.17, 15) is 0 Å². The summed E-state index contributed by atoms with van der Waals surface area (Å²) in [6.45, 7) is 38.8. The summed E-state index contributed by atoms with van der Waals surface area (Å²) in [5.41, 5.74) is 28.7. The number of hydrogen-bond donors (Lipinski definition) is 0. The van der Waals surface area contributed by atoms with Crippen LogP contribution in [0.1, 0.15) is 306 Å². The third-order valence-corrected chi connectivity index (χ3v) is 41.7. The Balaban J connectivity index is 0.000000142. The van der Waals surface area contributed by atoms with Gasteiger partial charge in [0, 0.05) is 45.3 Å². The molecule has 0 spiro atoms. The number of benzene rings is 6. The summed E-state index contributed by atoms with van der Waals surface area (Å²) in [5, 5.41) is 0. The molecule has 1 radical (unpaired) electrons. The quantitative estimate of drug-likeness (QED) is 0.0363. The molecule has 0 heterocycles. The van der Waals surface area contributed by atoms with E-state index in [1.165, 1.54) is 228 Å². The van der Waals surface area contributed by atoms with Gasteiger partial charge in [0.25, 0.3) is 0 Å². The highest BCUT2D eigenvalue weighted by atomic mass is 35.6. The summed E-state index contributed by atoms with van der Waals surface area (Å²) in [4.78, 5) is 0. The Morgan fingerprint density at radius 3 is 1.24 bits per heavy atom. The van der Waals surface area contributed by atoms with Crippen LogP contribution in [0, 0.1) is 23.7 Å². The highest BCUT2D eigenvalue weighted by Gasteiger charge is 2.51. The van der Waals surface area contributed by atoms with E-state index in [-0.39, 0.29) is 25.6 Å². The molecule has 0 aliphatic heterocycles. The van der Waals surface area contributed by atoms with E-state index in [2.05, 4.69) is 303 Å². The molecule has 637 valence electrons. The Labute approximate surface area is 733 Å². The maximum Gasteiger partial charge on any atom is 0.190 e. The number of hydrogen-bond acceptors (Lipinski definition) is 3. The second kappa shape index (κ2) is 41.3. The van der Waals surface area contributed by atoms with E-state index in [1.54, 1.807) is 44.6 Å².